The lowest BCUT2D eigenvalue weighted by molar-refractivity contribution is 0.516. The Labute approximate surface area is 85.8 Å². The van der Waals surface area contributed by atoms with Crippen LogP contribution in [-0.2, 0) is 6.54 Å². The van der Waals surface area contributed by atoms with Crippen LogP contribution in [0, 0.1) is 16.2 Å². The summed E-state index contributed by atoms with van der Waals surface area (Å²) in [5.41, 5.74) is 0. The highest BCUT2D eigenvalue weighted by Crippen LogP contribution is 2.19. The molecule has 0 spiro atoms. The number of aromatic nitrogens is 2. The van der Waals surface area contributed by atoms with Gasteiger partial charge in [0.15, 0.2) is 6.33 Å². The maximum Gasteiger partial charge on any atom is 0.301 e. The summed E-state index contributed by atoms with van der Waals surface area (Å²) < 4.78 is 2.95. The molecule has 0 aliphatic rings. The van der Waals surface area contributed by atoms with Crippen LogP contribution in [0.1, 0.15) is 13.8 Å². The van der Waals surface area contributed by atoms with Crippen molar-refractivity contribution in [3.05, 3.63) is 21.4 Å². The van der Waals surface area contributed by atoms with Gasteiger partial charge in [0.1, 0.15) is 3.70 Å². The molecule has 64 valence electrons. The van der Waals surface area contributed by atoms with Crippen LogP contribution in [0.15, 0.2) is 6.33 Å². The molecule has 0 saturated carbocycles. The third-order valence-corrected chi connectivity index (χ3v) is 2.53. The van der Waals surface area contributed by atoms with Gasteiger partial charge in [0.2, 0.25) is 0 Å². The van der Waals surface area contributed by atoms with Crippen molar-refractivity contribution in [2.45, 2.75) is 20.4 Å². The highest BCUT2D eigenvalue weighted by molar-refractivity contribution is 14.1. The van der Waals surface area contributed by atoms with E-state index in [-0.39, 0.29) is 0 Å². The van der Waals surface area contributed by atoms with Gasteiger partial charge in [0.05, 0.1) is 0 Å². The normalized spacial score (nSPS) is 10.2. The molecule has 12 heavy (non-hydrogen) atoms. The molecule has 3 nitrogen and oxygen atoms in total. The summed E-state index contributed by atoms with van der Waals surface area (Å²) in [4.78, 5) is 7.30. The summed E-state index contributed by atoms with van der Waals surface area (Å²) in [6.07, 6.45) is 1.73. The zero-order valence-corrected chi connectivity index (χ0v) is 9.24. The van der Waals surface area contributed by atoms with Crippen LogP contribution < -0.4 is 0 Å². The molecule has 0 unspecified atom stereocenters. The van der Waals surface area contributed by atoms with Gasteiger partial charge >= 0.3 is 5.82 Å². The first-order valence-electron chi connectivity index (χ1n) is 3.73. The van der Waals surface area contributed by atoms with E-state index in [0.717, 1.165) is 10.2 Å². The Morgan fingerprint density at radius 2 is 2.42 bits per heavy atom. The van der Waals surface area contributed by atoms with E-state index < -0.39 is 0 Å². The van der Waals surface area contributed by atoms with Gasteiger partial charge in [-0.1, -0.05) is 20.4 Å². The second kappa shape index (κ2) is 3.90. The first-order valence-corrected chi connectivity index (χ1v) is 4.81. The smallest absolute Gasteiger partial charge is 0.301 e. The van der Waals surface area contributed by atoms with E-state index in [2.05, 4.69) is 46.3 Å². The topological polar surface area (TPSA) is 22.2 Å². The fourth-order valence-corrected chi connectivity index (χ4v) is 1.53. The lowest BCUT2D eigenvalue weighted by Crippen LogP contribution is -2.04. The SMILES string of the molecule is [C-]#[N+]c1ncn(CC(C)C)c1I. The number of halogens is 1. The average Bonchev–Trinajstić information content (AvgIpc) is 2.32. The summed E-state index contributed by atoms with van der Waals surface area (Å²) in [5.74, 6) is 1.10. The highest BCUT2D eigenvalue weighted by Gasteiger charge is 2.08. The fourth-order valence-electron chi connectivity index (χ4n) is 0.952. The van der Waals surface area contributed by atoms with Gasteiger partial charge < -0.3 is 9.41 Å². The zero-order valence-electron chi connectivity index (χ0n) is 7.08. The van der Waals surface area contributed by atoms with E-state index in [1.165, 1.54) is 0 Å². The summed E-state index contributed by atoms with van der Waals surface area (Å²) in [6, 6.07) is 0. The first-order chi connectivity index (χ1) is 5.65. The standard InChI is InChI=1S/C8H10IN3/c1-6(2)4-12-5-11-8(10-3)7(12)9/h5-6H,4H2,1-2H3. The largest absolute Gasteiger partial charge is 0.359 e. The third-order valence-electron chi connectivity index (χ3n) is 1.42. The van der Waals surface area contributed by atoms with Crippen molar-refractivity contribution in [2.24, 2.45) is 5.92 Å². The summed E-state index contributed by atoms with van der Waals surface area (Å²) in [6.45, 7) is 12.0. The van der Waals surface area contributed by atoms with Crippen molar-refractivity contribution in [3.63, 3.8) is 0 Å². The second-order valence-corrected chi connectivity index (χ2v) is 4.04. The molecule has 0 radical (unpaired) electrons. The molecule has 0 N–H and O–H groups in total. The minimum atomic E-state index is 0.510. The van der Waals surface area contributed by atoms with Crippen molar-refractivity contribution in [1.29, 1.82) is 0 Å². The molecule has 0 amide bonds. The van der Waals surface area contributed by atoms with Crippen molar-refractivity contribution in [3.8, 4) is 0 Å². The number of rotatable bonds is 2. The molecule has 0 saturated heterocycles. The van der Waals surface area contributed by atoms with Gasteiger partial charge in [0.25, 0.3) is 0 Å². The molecule has 0 aliphatic carbocycles. The van der Waals surface area contributed by atoms with Crippen LogP contribution in [0.25, 0.3) is 4.85 Å². The first kappa shape index (κ1) is 9.52. The third kappa shape index (κ3) is 1.97. The molecule has 0 aliphatic heterocycles. The Morgan fingerprint density at radius 3 is 2.83 bits per heavy atom. The van der Waals surface area contributed by atoms with E-state index in [9.17, 15) is 0 Å². The maximum absolute atomic E-state index is 6.82. The van der Waals surface area contributed by atoms with Crippen LogP contribution in [0.4, 0.5) is 5.82 Å². The van der Waals surface area contributed by atoms with Crippen molar-refractivity contribution in [2.75, 3.05) is 0 Å². The van der Waals surface area contributed by atoms with Crippen LogP contribution in [0.5, 0.6) is 0 Å². The van der Waals surface area contributed by atoms with E-state index >= 15 is 0 Å². The molecule has 0 fully saturated rings. The number of imidazole rings is 1. The van der Waals surface area contributed by atoms with Crippen molar-refractivity contribution < 1.29 is 0 Å². The molecular formula is C8H10IN3. The molecule has 1 aromatic rings. The molecule has 4 heteroatoms. The monoisotopic (exact) mass is 275 g/mol. The Bertz CT molecular complexity index is 309. The van der Waals surface area contributed by atoms with Crippen molar-refractivity contribution >= 4 is 28.4 Å². The van der Waals surface area contributed by atoms with E-state index in [1.54, 1.807) is 6.33 Å². The Morgan fingerprint density at radius 1 is 1.75 bits per heavy atom. The van der Waals surface area contributed by atoms with E-state index in [1.807, 2.05) is 4.57 Å². The number of hydrogen-bond acceptors (Lipinski definition) is 1. The van der Waals surface area contributed by atoms with Gasteiger partial charge in [-0.3, -0.25) is 0 Å². The predicted octanol–water partition coefficient (Wildman–Crippen LogP) is 2.69. The van der Waals surface area contributed by atoms with Crippen molar-refractivity contribution in [1.82, 2.24) is 9.55 Å². The Balaban J connectivity index is 2.89. The minimum absolute atomic E-state index is 0.510. The van der Waals surface area contributed by atoms with E-state index in [4.69, 9.17) is 6.57 Å². The lowest BCUT2D eigenvalue weighted by Gasteiger charge is -2.05. The van der Waals surface area contributed by atoms with Gasteiger partial charge in [-0.05, 0) is 28.5 Å². The van der Waals surface area contributed by atoms with Gasteiger partial charge in [-0.2, -0.15) is 0 Å². The Kier molecular flexibility index (Phi) is 3.09. The zero-order chi connectivity index (χ0) is 9.14. The van der Waals surface area contributed by atoms with Gasteiger partial charge in [0, 0.05) is 6.54 Å². The minimum Gasteiger partial charge on any atom is -0.359 e. The average molecular weight is 275 g/mol. The predicted molar refractivity (Wildman–Crippen MR) is 56.0 cm³/mol. The van der Waals surface area contributed by atoms with E-state index in [0.29, 0.717) is 11.7 Å². The summed E-state index contributed by atoms with van der Waals surface area (Å²) in [7, 11) is 0. The van der Waals surface area contributed by atoms with Crippen LogP contribution in [0.2, 0.25) is 0 Å². The quantitative estimate of drug-likeness (QED) is 0.601. The van der Waals surface area contributed by atoms with Crippen LogP contribution in [-0.4, -0.2) is 9.55 Å². The second-order valence-electron chi connectivity index (χ2n) is 3.02. The van der Waals surface area contributed by atoms with Crippen LogP contribution >= 0.6 is 22.6 Å². The summed E-state index contributed by atoms with van der Waals surface area (Å²) >= 11 is 2.16. The Hall–Kier alpha value is -0.570. The fraction of sp³-hybridized carbons (Fsp3) is 0.500. The molecule has 0 bridgehead atoms. The highest BCUT2D eigenvalue weighted by atomic mass is 127. The molecule has 1 rings (SSSR count). The number of nitrogens with zero attached hydrogens (tertiary/aromatic N) is 3. The van der Waals surface area contributed by atoms with Gasteiger partial charge in [-0.25, -0.2) is 0 Å². The number of hydrogen-bond donors (Lipinski definition) is 0. The maximum atomic E-state index is 6.82. The molecule has 1 heterocycles. The molecule has 0 aromatic carbocycles. The molecular weight excluding hydrogens is 265 g/mol. The lowest BCUT2D eigenvalue weighted by atomic mass is 10.2. The molecule has 1 aromatic heterocycles. The molecule has 0 atom stereocenters. The van der Waals surface area contributed by atoms with Crippen LogP contribution in [0.3, 0.4) is 0 Å². The summed E-state index contributed by atoms with van der Waals surface area (Å²) in [5, 5.41) is 0. The van der Waals surface area contributed by atoms with Gasteiger partial charge in [-0.15, -0.1) is 4.98 Å².